The van der Waals surface area contributed by atoms with Gasteiger partial charge in [-0.1, -0.05) is 15.9 Å². The average Bonchev–Trinajstić information content (AvgIpc) is 3.11. The second-order valence-electron chi connectivity index (χ2n) is 5.74. The van der Waals surface area contributed by atoms with E-state index < -0.39 is 0 Å². The van der Waals surface area contributed by atoms with Gasteiger partial charge in [-0.25, -0.2) is 0 Å². The third-order valence-electron chi connectivity index (χ3n) is 3.64. The van der Waals surface area contributed by atoms with Gasteiger partial charge in [0.1, 0.15) is 0 Å². The van der Waals surface area contributed by atoms with Crippen LogP contribution in [0.1, 0.15) is 22.5 Å². The lowest BCUT2D eigenvalue weighted by atomic mass is 10.2. The van der Waals surface area contributed by atoms with E-state index in [1.54, 1.807) is 19.2 Å². The van der Waals surface area contributed by atoms with Gasteiger partial charge in [-0.3, -0.25) is 14.4 Å². The normalized spacial score (nSPS) is 10.3. The van der Waals surface area contributed by atoms with Gasteiger partial charge >= 0.3 is 0 Å². The fourth-order valence-electron chi connectivity index (χ4n) is 2.23. The molecule has 0 fully saturated rings. The first-order valence-electron chi connectivity index (χ1n) is 7.98. The van der Waals surface area contributed by atoms with Crippen LogP contribution in [0.3, 0.4) is 0 Å². The van der Waals surface area contributed by atoms with E-state index in [0.29, 0.717) is 5.69 Å². The Balaban J connectivity index is 1.75. The highest BCUT2D eigenvalue weighted by Crippen LogP contribution is 2.19. The second-order valence-corrected chi connectivity index (χ2v) is 6.66. The lowest BCUT2D eigenvalue weighted by Crippen LogP contribution is -2.37. The van der Waals surface area contributed by atoms with E-state index >= 15 is 0 Å². The van der Waals surface area contributed by atoms with E-state index in [2.05, 4.69) is 26.6 Å². The van der Waals surface area contributed by atoms with Gasteiger partial charge in [-0.15, -0.1) is 0 Å². The lowest BCUT2D eigenvalue weighted by molar-refractivity contribution is -0.133. The molecule has 1 aromatic carbocycles. The molecule has 1 heterocycles. The van der Waals surface area contributed by atoms with Gasteiger partial charge in [0.2, 0.25) is 11.8 Å². The number of nitrogens with zero attached hydrogens (tertiary/aromatic N) is 1. The summed E-state index contributed by atoms with van der Waals surface area (Å²) in [5.74, 6) is -0.720. The molecule has 138 valence electrons. The second kappa shape index (κ2) is 9.19. The number of rotatable bonds is 7. The van der Waals surface area contributed by atoms with Crippen molar-refractivity contribution < 1.29 is 18.8 Å². The molecule has 0 atom stereocenters. The molecule has 26 heavy (non-hydrogen) atoms. The molecule has 2 aromatic rings. The van der Waals surface area contributed by atoms with Crippen molar-refractivity contribution in [3.63, 3.8) is 0 Å². The number of likely N-dealkylation sites (N-methyl/N-ethyl adjacent to an activating group) is 1. The minimum atomic E-state index is -0.381. The molecular weight excluding hydrogens is 402 g/mol. The van der Waals surface area contributed by atoms with Gasteiger partial charge in [0.15, 0.2) is 5.76 Å². The molecule has 0 bridgehead atoms. The first-order chi connectivity index (χ1) is 12.4. The van der Waals surface area contributed by atoms with Crippen LogP contribution in [0.4, 0.5) is 5.69 Å². The van der Waals surface area contributed by atoms with Crippen LogP contribution >= 0.6 is 15.9 Å². The number of benzene rings is 1. The Kier molecular flexibility index (Phi) is 6.97. The maximum absolute atomic E-state index is 12.1. The van der Waals surface area contributed by atoms with Crippen LogP contribution in [0.25, 0.3) is 0 Å². The summed E-state index contributed by atoms with van der Waals surface area (Å²) in [5.41, 5.74) is 1.62. The van der Waals surface area contributed by atoms with E-state index in [9.17, 15) is 14.4 Å². The quantitative estimate of drug-likeness (QED) is 0.718. The predicted octanol–water partition coefficient (Wildman–Crippen LogP) is 2.57. The Morgan fingerprint density at radius 3 is 2.65 bits per heavy atom. The zero-order valence-corrected chi connectivity index (χ0v) is 16.1. The molecular formula is C18H20BrN3O4. The smallest absolute Gasteiger partial charge is 0.286 e. The van der Waals surface area contributed by atoms with E-state index in [4.69, 9.17) is 4.42 Å². The molecule has 0 aliphatic rings. The third-order valence-corrected chi connectivity index (χ3v) is 4.13. The Labute approximate surface area is 159 Å². The zero-order valence-electron chi connectivity index (χ0n) is 14.5. The number of carbonyl (C=O) groups excluding carboxylic acids is 3. The van der Waals surface area contributed by atoms with Crippen LogP contribution in [0, 0.1) is 6.92 Å². The summed E-state index contributed by atoms with van der Waals surface area (Å²) in [6, 6.07) is 8.67. The Hall–Kier alpha value is -2.61. The highest BCUT2D eigenvalue weighted by Gasteiger charge is 2.15. The fourth-order valence-corrected chi connectivity index (χ4v) is 2.70. The third kappa shape index (κ3) is 5.73. The number of nitrogens with one attached hydrogen (secondary N) is 2. The largest absolute Gasteiger partial charge is 0.459 e. The van der Waals surface area contributed by atoms with Gasteiger partial charge in [0, 0.05) is 30.2 Å². The lowest BCUT2D eigenvalue weighted by Gasteiger charge is -2.17. The van der Waals surface area contributed by atoms with Crippen LogP contribution in [-0.2, 0) is 9.59 Å². The number of aryl methyl sites for hydroxylation is 1. The summed E-state index contributed by atoms with van der Waals surface area (Å²) in [6.07, 6.45) is 1.49. The van der Waals surface area contributed by atoms with Crippen molar-refractivity contribution >= 4 is 39.3 Å². The molecule has 3 amide bonds. The van der Waals surface area contributed by atoms with E-state index in [-0.39, 0.29) is 43.0 Å². The molecule has 0 radical (unpaired) electrons. The van der Waals surface area contributed by atoms with E-state index in [1.165, 1.54) is 17.2 Å². The van der Waals surface area contributed by atoms with Crippen molar-refractivity contribution in [1.29, 1.82) is 0 Å². The Bertz CT molecular complexity index is 790. The summed E-state index contributed by atoms with van der Waals surface area (Å²) in [5, 5.41) is 5.37. The molecule has 0 aliphatic heterocycles. The Morgan fingerprint density at radius 1 is 1.23 bits per heavy atom. The fraction of sp³-hybridized carbons (Fsp3) is 0.278. The van der Waals surface area contributed by atoms with Crippen LogP contribution < -0.4 is 10.6 Å². The van der Waals surface area contributed by atoms with Crippen molar-refractivity contribution in [2.24, 2.45) is 0 Å². The van der Waals surface area contributed by atoms with Crippen molar-refractivity contribution in [3.05, 3.63) is 52.4 Å². The number of carbonyl (C=O) groups is 3. The molecule has 2 rings (SSSR count). The van der Waals surface area contributed by atoms with Gasteiger partial charge in [0.05, 0.1) is 12.8 Å². The van der Waals surface area contributed by atoms with E-state index in [1.807, 2.05) is 19.1 Å². The minimum Gasteiger partial charge on any atom is -0.459 e. The topological polar surface area (TPSA) is 91.7 Å². The van der Waals surface area contributed by atoms with Crippen molar-refractivity contribution in [3.8, 4) is 0 Å². The number of furan rings is 1. The maximum Gasteiger partial charge on any atom is 0.286 e. The van der Waals surface area contributed by atoms with E-state index in [0.717, 1.165) is 10.0 Å². The molecule has 0 saturated heterocycles. The molecule has 0 spiro atoms. The highest BCUT2D eigenvalue weighted by atomic mass is 79.9. The van der Waals surface area contributed by atoms with Crippen LogP contribution in [-0.4, -0.2) is 42.8 Å². The number of hydrogen-bond acceptors (Lipinski definition) is 4. The van der Waals surface area contributed by atoms with Gasteiger partial charge < -0.3 is 20.0 Å². The number of halogens is 1. The summed E-state index contributed by atoms with van der Waals surface area (Å²) in [6.45, 7) is 1.98. The van der Waals surface area contributed by atoms with Gasteiger partial charge in [0.25, 0.3) is 5.91 Å². The van der Waals surface area contributed by atoms with Crippen molar-refractivity contribution in [2.75, 3.05) is 25.5 Å². The first-order valence-corrected chi connectivity index (χ1v) is 8.78. The van der Waals surface area contributed by atoms with Crippen molar-refractivity contribution in [2.45, 2.75) is 13.3 Å². The van der Waals surface area contributed by atoms with Crippen LogP contribution in [0.15, 0.2) is 45.5 Å². The van der Waals surface area contributed by atoms with Gasteiger partial charge in [-0.05, 0) is 42.8 Å². The molecule has 0 unspecified atom stereocenters. The summed E-state index contributed by atoms with van der Waals surface area (Å²) in [4.78, 5) is 37.2. The maximum atomic E-state index is 12.1. The predicted molar refractivity (Wildman–Crippen MR) is 101 cm³/mol. The molecule has 0 aliphatic carbocycles. The summed E-state index contributed by atoms with van der Waals surface area (Å²) >= 11 is 3.37. The number of hydrogen-bond donors (Lipinski definition) is 2. The SMILES string of the molecule is Cc1cc(Br)ccc1NC(=O)CN(C)C(=O)CCNC(=O)c1ccco1. The monoisotopic (exact) mass is 421 g/mol. The standard InChI is InChI=1S/C18H20BrN3O4/c1-12-10-13(19)5-6-14(12)21-16(23)11-22(2)17(24)7-8-20-18(25)15-4-3-9-26-15/h3-6,9-10H,7-8,11H2,1-2H3,(H,20,25)(H,21,23). The first kappa shape index (κ1) is 19.7. The van der Waals surface area contributed by atoms with Crippen LogP contribution in [0.2, 0.25) is 0 Å². The summed E-state index contributed by atoms with van der Waals surface area (Å²) < 4.78 is 5.89. The Morgan fingerprint density at radius 2 is 2.00 bits per heavy atom. The molecule has 7 nitrogen and oxygen atoms in total. The molecule has 1 aromatic heterocycles. The molecule has 2 N–H and O–H groups in total. The zero-order chi connectivity index (χ0) is 19.1. The number of amides is 3. The van der Waals surface area contributed by atoms with Crippen LogP contribution in [0.5, 0.6) is 0 Å². The summed E-state index contributed by atoms with van der Waals surface area (Å²) in [7, 11) is 1.55. The number of anilines is 1. The minimum absolute atomic E-state index is 0.0690. The molecule has 8 heteroatoms. The highest BCUT2D eigenvalue weighted by molar-refractivity contribution is 9.10. The van der Waals surface area contributed by atoms with Gasteiger partial charge in [-0.2, -0.15) is 0 Å². The van der Waals surface area contributed by atoms with Crippen molar-refractivity contribution in [1.82, 2.24) is 10.2 Å². The molecule has 0 saturated carbocycles. The average molecular weight is 422 g/mol.